The molecule has 0 spiro atoms. The molecule has 0 N–H and O–H groups in total. The van der Waals surface area contributed by atoms with E-state index < -0.39 is 10.0 Å². The fraction of sp³-hybridized carbons (Fsp3) is 0.294. The zero-order chi connectivity index (χ0) is 16.5. The molecule has 0 saturated heterocycles. The largest absolute Gasteiger partial charge is 0.497 e. The molecular weight excluding hydrogens is 298 g/mol. The zero-order valence-electron chi connectivity index (χ0n) is 13.5. The molecule has 0 fully saturated rings. The van der Waals surface area contributed by atoms with Gasteiger partial charge in [0.05, 0.1) is 17.7 Å². The van der Waals surface area contributed by atoms with E-state index in [9.17, 15) is 8.42 Å². The van der Waals surface area contributed by atoms with Gasteiger partial charge in [0, 0.05) is 7.05 Å². The van der Waals surface area contributed by atoms with E-state index in [0.717, 1.165) is 16.7 Å². The number of ether oxygens (including phenoxy) is 1. The Hall–Kier alpha value is -2.01. The maximum Gasteiger partial charge on any atom is 0.264 e. The highest BCUT2D eigenvalue weighted by atomic mass is 32.2. The van der Waals surface area contributed by atoms with Crippen molar-refractivity contribution in [2.24, 2.45) is 0 Å². The topological polar surface area (TPSA) is 46.6 Å². The summed E-state index contributed by atoms with van der Waals surface area (Å²) in [5.74, 6) is 0.692. The Kier molecular flexibility index (Phi) is 4.47. The molecule has 0 bridgehead atoms. The molecule has 0 radical (unpaired) electrons. The molecule has 0 aliphatic heterocycles. The fourth-order valence-corrected chi connectivity index (χ4v) is 4.25. The first-order valence-corrected chi connectivity index (χ1v) is 8.42. The summed E-state index contributed by atoms with van der Waals surface area (Å²) in [5.41, 5.74) is 3.18. The second kappa shape index (κ2) is 6.01. The van der Waals surface area contributed by atoms with Crippen LogP contribution in [0.3, 0.4) is 0 Å². The monoisotopic (exact) mass is 319 g/mol. The Labute approximate surface area is 132 Å². The van der Waals surface area contributed by atoms with Crippen LogP contribution < -0.4 is 9.04 Å². The van der Waals surface area contributed by atoms with Crippen molar-refractivity contribution < 1.29 is 13.2 Å². The van der Waals surface area contributed by atoms with Gasteiger partial charge in [-0.05, 0) is 56.2 Å². The second-order valence-corrected chi connectivity index (χ2v) is 7.30. The van der Waals surface area contributed by atoms with Gasteiger partial charge in [0.1, 0.15) is 5.75 Å². The van der Waals surface area contributed by atoms with Crippen molar-refractivity contribution in [3.63, 3.8) is 0 Å². The number of aryl methyl sites for hydroxylation is 3. The lowest BCUT2D eigenvalue weighted by atomic mass is 10.1. The summed E-state index contributed by atoms with van der Waals surface area (Å²) in [4.78, 5) is 0.372. The van der Waals surface area contributed by atoms with Crippen molar-refractivity contribution >= 4 is 15.7 Å². The Morgan fingerprint density at radius 3 is 1.91 bits per heavy atom. The Balaban J connectivity index is 2.49. The normalized spacial score (nSPS) is 11.3. The van der Waals surface area contributed by atoms with Crippen LogP contribution in [0.15, 0.2) is 41.3 Å². The van der Waals surface area contributed by atoms with Gasteiger partial charge < -0.3 is 4.74 Å². The van der Waals surface area contributed by atoms with Crippen molar-refractivity contribution in [2.75, 3.05) is 18.5 Å². The summed E-state index contributed by atoms with van der Waals surface area (Å²) in [6.07, 6.45) is 0. The van der Waals surface area contributed by atoms with Crippen molar-refractivity contribution in [1.29, 1.82) is 0 Å². The van der Waals surface area contributed by atoms with Gasteiger partial charge in [0.2, 0.25) is 0 Å². The Morgan fingerprint density at radius 1 is 0.955 bits per heavy atom. The van der Waals surface area contributed by atoms with Crippen molar-refractivity contribution in [3.05, 3.63) is 53.1 Å². The number of sulfonamides is 1. The molecule has 2 aromatic rings. The third-order valence-corrected chi connectivity index (χ3v) is 5.75. The average molecular weight is 319 g/mol. The number of hydrogen-bond donors (Lipinski definition) is 0. The smallest absolute Gasteiger partial charge is 0.264 e. The molecule has 0 unspecified atom stereocenters. The lowest BCUT2D eigenvalue weighted by molar-refractivity contribution is 0.415. The number of hydrogen-bond acceptors (Lipinski definition) is 3. The number of rotatable bonds is 4. The fourth-order valence-electron chi connectivity index (χ4n) is 2.64. The summed E-state index contributed by atoms with van der Waals surface area (Å²) in [6.45, 7) is 5.62. The summed E-state index contributed by atoms with van der Waals surface area (Å²) >= 11 is 0. The van der Waals surface area contributed by atoms with Crippen molar-refractivity contribution in [2.45, 2.75) is 25.7 Å². The van der Waals surface area contributed by atoms with Crippen LogP contribution >= 0.6 is 0 Å². The van der Waals surface area contributed by atoms with E-state index in [1.54, 1.807) is 38.4 Å². The van der Waals surface area contributed by atoms with Crippen molar-refractivity contribution in [3.8, 4) is 5.75 Å². The van der Waals surface area contributed by atoms with E-state index in [0.29, 0.717) is 16.3 Å². The lowest BCUT2D eigenvalue weighted by Crippen LogP contribution is -2.28. The molecule has 2 aromatic carbocycles. The lowest BCUT2D eigenvalue weighted by Gasteiger charge is -2.22. The molecule has 0 amide bonds. The average Bonchev–Trinajstić information content (AvgIpc) is 2.45. The SMILES string of the molecule is COc1ccc(N(C)S(=O)(=O)c2c(C)cc(C)cc2C)cc1. The van der Waals surface area contributed by atoms with Crippen LogP contribution in [0, 0.1) is 20.8 Å². The summed E-state index contributed by atoms with van der Waals surface area (Å²) in [5, 5.41) is 0. The summed E-state index contributed by atoms with van der Waals surface area (Å²) in [7, 11) is -0.454. The molecule has 22 heavy (non-hydrogen) atoms. The highest BCUT2D eigenvalue weighted by molar-refractivity contribution is 7.92. The van der Waals surface area contributed by atoms with Crippen LogP contribution in [0.1, 0.15) is 16.7 Å². The van der Waals surface area contributed by atoms with Gasteiger partial charge in [-0.25, -0.2) is 8.42 Å². The van der Waals surface area contributed by atoms with Gasteiger partial charge in [-0.3, -0.25) is 4.31 Å². The molecular formula is C17H21NO3S. The van der Waals surface area contributed by atoms with Crippen molar-refractivity contribution in [1.82, 2.24) is 0 Å². The van der Waals surface area contributed by atoms with Gasteiger partial charge in [-0.15, -0.1) is 0 Å². The van der Waals surface area contributed by atoms with Gasteiger partial charge in [0.15, 0.2) is 0 Å². The number of anilines is 1. The van der Waals surface area contributed by atoms with E-state index in [1.807, 2.05) is 32.9 Å². The predicted molar refractivity (Wildman–Crippen MR) is 89.2 cm³/mol. The third-order valence-electron chi connectivity index (χ3n) is 3.66. The van der Waals surface area contributed by atoms with Crippen LogP contribution in [-0.2, 0) is 10.0 Å². The van der Waals surface area contributed by atoms with Gasteiger partial charge >= 0.3 is 0 Å². The van der Waals surface area contributed by atoms with E-state index >= 15 is 0 Å². The predicted octanol–water partition coefficient (Wildman–Crippen LogP) is 3.45. The molecule has 5 heteroatoms. The van der Waals surface area contributed by atoms with Gasteiger partial charge in [-0.1, -0.05) is 17.7 Å². The highest BCUT2D eigenvalue weighted by Crippen LogP contribution is 2.28. The molecule has 0 aliphatic rings. The molecule has 0 heterocycles. The van der Waals surface area contributed by atoms with E-state index in [2.05, 4.69) is 0 Å². The van der Waals surface area contributed by atoms with Gasteiger partial charge in [0.25, 0.3) is 10.0 Å². The number of methoxy groups -OCH3 is 1. The van der Waals surface area contributed by atoms with Gasteiger partial charge in [-0.2, -0.15) is 0 Å². The Bertz CT molecular complexity index is 757. The maximum atomic E-state index is 12.9. The van der Waals surface area contributed by atoms with Crippen LogP contribution in [0.5, 0.6) is 5.75 Å². The van der Waals surface area contributed by atoms with E-state index in [-0.39, 0.29) is 0 Å². The maximum absolute atomic E-state index is 12.9. The quantitative estimate of drug-likeness (QED) is 0.867. The highest BCUT2D eigenvalue weighted by Gasteiger charge is 2.25. The first-order chi connectivity index (χ1) is 10.3. The minimum atomic E-state index is -3.60. The molecule has 118 valence electrons. The third kappa shape index (κ3) is 2.95. The molecule has 0 aromatic heterocycles. The number of nitrogens with zero attached hydrogens (tertiary/aromatic N) is 1. The Morgan fingerprint density at radius 2 is 1.45 bits per heavy atom. The summed E-state index contributed by atoms with van der Waals surface area (Å²) in [6, 6.07) is 10.7. The van der Waals surface area contributed by atoms with Crippen LogP contribution in [0.4, 0.5) is 5.69 Å². The van der Waals surface area contributed by atoms with Crippen LogP contribution in [-0.4, -0.2) is 22.6 Å². The van der Waals surface area contributed by atoms with E-state index in [1.165, 1.54) is 4.31 Å². The first kappa shape index (κ1) is 16.4. The second-order valence-electron chi connectivity index (χ2n) is 5.40. The standard InChI is InChI=1S/C17H21NO3S/c1-12-10-13(2)17(14(3)11-12)22(19,20)18(4)15-6-8-16(21-5)9-7-15/h6-11H,1-5H3. The molecule has 0 aliphatic carbocycles. The molecule has 0 atom stereocenters. The molecule has 2 rings (SSSR count). The molecule has 0 saturated carbocycles. The number of benzene rings is 2. The first-order valence-electron chi connectivity index (χ1n) is 6.98. The summed E-state index contributed by atoms with van der Waals surface area (Å²) < 4.78 is 32.3. The van der Waals surface area contributed by atoms with Crippen LogP contribution in [0.2, 0.25) is 0 Å². The minimum absolute atomic E-state index is 0.372. The minimum Gasteiger partial charge on any atom is -0.497 e. The van der Waals surface area contributed by atoms with E-state index in [4.69, 9.17) is 4.74 Å². The zero-order valence-corrected chi connectivity index (χ0v) is 14.4. The molecule has 4 nitrogen and oxygen atoms in total. The van der Waals surface area contributed by atoms with Crippen LogP contribution in [0.25, 0.3) is 0 Å².